The standard InChI is InChI=1S/C59H52N12O12S6/c1-26-43(75)20-71-48(26)58-69-41(25-88-58)56-65-37(21-86-56)47-32(13-14-34(62-47)55-68-38(22-87-55)50(80)61-19-31(73)12-15-45(77)78)53-66-39(23-84-53)51(81)63-35(18-44(60)76)57-70-46(27(2)89-57)42(74)17-33(49(79)29-6-4-3-5-7-29)54-67-40(24-85-54)52(82)64-36(59(71)83)16-28-8-10-30(72)11-9-28/h3-11,13-14,21-26,33,35-36,43,48-49,72,75,79H,12,15-20H2,1-2H3,(H2,60,76)(H,61,80)(H,63,81)(H,64,82)(H,77,78)/t26-,33-,35-,36-,43-,48-,49+/m0/s1. The lowest BCUT2D eigenvalue weighted by Crippen LogP contribution is -2.50. The first-order chi connectivity index (χ1) is 42.7. The number of hydrogen-bond acceptors (Lipinski definition) is 24. The highest BCUT2D eigenvalue weighted by Gasteiger charge is 2.45. The number of nitrogens with two attached hydrogens (primary N) is 1. The molecule has 9 aromatic rings. The van der Waals surface area contributed by atoms with Crippen molar-refractivity contribution in [2.45, 2.75) is 82.2 Å². The number of aromatic hydroxyl groups is 1. The van der Waals surface area contributed by atoms with Gasteiger partial charge in [-0.25, -0.2) is 34.9 Å². The van der Waals surface area contributed by atoms with Crippen molar-refractivity contribution in [3.8, 4) is 49.1 Å². The van der Waals surface area contributed by atoms with Gasteiger partial charge < -0.3 is 47.0 Å². The molecule has 9 N–H and O–H groups in total. The number of nitrogens with zero attached hydrogens (tertiary/aromatic N) is 8. The number of phenols is 1. The second kappa shape index (κ2) is 26.5. The molecule has 0 aliphatic carbocycles. The van der Waals surface area contributed by atoms with E-state index in [0.29, 0.717) is 58.7 Å². The number of ketones is 2. The SMILES string of the molecule is Cc1sc2nc1C(=O)C[C@@H]([C@H](O)c1ccccc1)c1nc(cs1)C(=O)N[C@@H](Cc1ccc(O)cc1)C(=O)N1C[C@H](O)[C@H](C)[C@H]1c1nc(cs1)-c1nc(cs1)-c1nc(-c3nc(C(=O)NCC(=O)CCC(=O)O)cs3)ccc1-c1nc(cs1)C(=O)N[C@H]2CC(N)=O. The number of primary amides is 1. The quantitative estimate of drug-likeness (QED) is 0.0559. The molecule has 0 saturated carbocycles. The lowest BCUT2D eigenvalue weighted by Gasteiger charge is -2.29. The number of pyridine rings is 1. The number of Topliss-reactive ketones (excluding diaryl/α,β-unsaturated/α-hetero) is 2. The van der Waals surface area contributed by atoms with Crippen LogP contribution in [0, 0.1) is 12.8 Å². The second-order valence-electron chi connectivity index (χ2n) is 21.0. The summed E-state index contributed by atoms with van der Waals surface area (Å²) in [5, 5.41) is 60.9. The molecular weight excluding hydrogens is 1260 g/mol. The van der Waals surface area contributed by atoms with Gasteiger partial charge in [-0.15, -0.1) is 68.0 Å². The zero-order valence-corrected chi connectivity index (χ0v) is 51.8. The number of aliphatic carboxylic acids is 1. The summed E-state index contributed by atoms with van der Waals surface area (Å²) in [6.07, 6.45) is -3.75. The molecular formula is C59H52N12O12S6. The van der Waals surface area contributed by atoms with E-state index in [4.69, 9.17) is 30.8 Å². The number of hydrogen-bond donors (Lipinski definition) is 8. The molecule has 456 valence electrons. The summed E-state index contributed by atoms with van der Waals surface area (Å²) < 4.78 is 0. The van der Waals surface area contributed by atoms with E-state index in [1.54, 1.807) is 79.2 Å². The highest BCUT2D eigenvalue weighted by atomic mass is 32.1. The van der Waals surface area contributed by atoms with Crippen LogP contribution in [0.1, 0.15) is 130 Å². The summed E-state index contributed by atoms with van der Waals surface area (Å²) in [6.45, 7) is 2.96. The number of thiazole rings is 6. The van der Waals surface area contributed by atoms with Crippen molar-refractivity contribution in [2.24, 2.45) is 11.7 Å². The number of benzene rings is 2. The molecule has 11 rings (SSSR count). The van der Waals surface area contributed by atoms with Crippen LogP contribution in [0.5, 0.6) is 5.75 Å². The van der Waals surface area contributed by atoms with Gasteiger partial charge >= 0.3 is 5.97 Å². The van der Waals surface area contributed by atoms with Crippen LogP contribution in [-0.2, 0) is 25.6 Å². The number of aliphatic hydroxyl groups is 2. The van der Waals surface area contributed by atoms with Crippen LogP contribution in [-0.4, -0.2) is 133 Å². The minimum atomic E-state index is -1.31. The Bertz CT molecular complexity index is 4200. The number of amides is 5. The van der Waals surface area contributed by atoms with E-state index in [2.05, 4.69) is 30.9 Å². The zero-order chi connectivity index (χ0) is 62.8. The normalized spacial score (nSPS) is 19.2. The largest absolute Gasteiger partial charge is 0.508 e. The van der Waals surface area contributed by atoms with Crippen LogP contribution in [0.15, 0.2) is 93.6 Å². The molecule has 1 fully saturated rings. The lowest BCUT2D eigenvalue weighted by atomic mass is 9.90. The van der Waals surface area contributed by atoms with Gasteiger partial charge in [0.05, 0.1) is 54.4 Å². The third-order valence-corrected chi connectivity index (χ3v) is 20.4. The molecule has 2 aromatic carbocycles. The number of fused-ring (bicyclic) bond motifs is 16. The van der Waals surface area contributed by atoms with Gasteiger partial charge in [0.25, 0.3) is 17.7 Å². The Morgan fingerprint density at radius 1 is 0.708 bits per heavy atom. The van der Waals surface area contributed by atoms with Crippen molar-refractivity contribution in [1.82, 2.24) is 55.7 Å². The number of phenolic OH excluding ortho intramolecular Hbond substituents is 1. The van der Waals surface area contributed by atoms with Gasteiger partial charge in [0.1, 0.15) is 76.7 Å². The van der Waals surface area contributed by atoms with Gasteiger partial charge in [0, 0.05) is 75.0 Å². The monoisotopic (exact) mass is 1310 g/mol. The summed E-state index contributed by atoms with van der Waals surface area (Å²) in [5.74, 6) is -7.14. The van der Waals surface area contributed by atoms with E-state index in [9.17, 15) is 48.9 Å². The summed E-state index contributed by atoms with van der Waals surface area (Å²) >= 11 is 6.80. The summed E-state index contributed by atoms with van der Waals surface area (Å²) in [5.41, 5.74) is 8.47. The predicted molar refractivity (Wildman–Crippen MR) is 332 cm³/mol. The molecule has 2 aliphatic rings. The molecule has 9 heterocycles. The average Bonchev–Trinajstić information content (AvgIpc) is 1.87. The van der Waals surface area contributed by atoms with E-state index >= 15 is 4.79 Å². The van der Waals surface area contributed by atoms with Crippen molar-refractivity contribution in [1.29, 1.82) is 0 Å². The Labute approximate surface area is 529 Å². The highest BCUT2D eigenvalue weighted by Crippen LogP contribution is 2.43. The maximum atomic E-state index is 15.2. The Hall–Kier alpha value is -8.75. The summed E-state index contributed by atoms with van der Waals surface area (Å²) in [7, 11) is 0. The number of aryl methyl sites for hydroxylation is 1. The van der Waals surface area contributed by atoms with Gasteiger partial charge in [-0.2, -0.15) is 0 Å². The molecule has 1 saturated heterocycles. The number of carbonyl (C=O) groups excluding carboxylic acids is 7. The van der Waals surface area contributed by atoms with E-state index in [0.717, 1.165) is 45.3 Å². The van der Waals surface area contributed by atoms with Crippen LogP contribution in [0.2, 0.25) is 0 Å². The number of carboxylic acid groups (broad SMARTS) is 1. The fourth-order valence-electron chi connectivity index (χ4n) is 10.2. The second-order valence-corrected chi connectivity index (χ2v) is 26.6. The van der Waals surface area contributed by atoms with Crippen LogP contribution < -0.4 is 21.7 Å². The van der Waals surface area contributed by atoms with Gasteiger partial charge in [0.15, 0.2) is 11.6 Å². The minimum absolute atomic E-state index is 0.00452. The molecule has 24 nitrogen and oxygen atoms in total. The van der Waals surface area contributed by atoms with E-state index in [1.807, 2.05) is 0 Å². The van der Waals surface area contributed by atoms with Crippen molar-refractivity contribution in [3.05, 3.63) is 147 Å². The van der Waals surface area contributed by atoms with Crippen molar-refractivity contribution in [2.75, 3.05) is 13.1 Å². The average molecular weight is 1310 g/mol. The van der Waals surface area contributed by atoms with Gasteiger partial charge in [-0.05, 0) is 42.3 Å². The van der Waals surface area contributed by atoms with Gasteiger partial charge in [-0.3, -0.25) is 38.4 Å². The fourth-order valence-corrected chi connectivity index (χ4v) is 15.5. The molecule has 0 unspecified atom stereocenters. The van der Waals surface area contributed by atoms with Crippen molar-refractivity contribution < 1.29 is 58.8 Å². The fraction of sp³-hybridized carbons (Fsp3) is 0.271. The Morgan fingerprint density at radius 3 is 2.11 bits per heavy atom. The Morgan fingerprint density at radius 2 is 1.36 bits per heavy atom. The third kappa shape index (κ3) is 13.8. The summed E-state index contributed by atoms with van der Waals surface area (Å²) in [6, 6.07) is 15.0. The first-order valence-corrected chi connectivity index (χ1v) is 32.7. The number of nitrogens with one attached hydrogen (secondary N) is 3. The third-order valence-electron chi connectivity index (χ3n) is 14.8. The maximum absolute atomic E-state index is 15.2. The predicted octanol–water partition coefficient (Wildman–Crippen LogP) is 7.34. The van der Waals surface area contributed by atoms with Crippen molar-refractivity contribution >= 4 is 115 Å². The molecule has 7 atom stereocenters. The molecule has 10 bridgehead atoms. The highest BCUT2D eigenvalue weighted by molar-refractivity contribution is 7.15. The molecule has 0 spiro atoms. The first kappa shape index (κ1) is 61.9. The first-order valence-electron chi connectivity index (χ1n) is 27.5. The molecule has 2 aliphatic heterocycles. The number of carboxylic acids is 1. The number of aromatic nitrogens is 7. The van der Waals surface area contributed by atoms with Crippen molar-refractivity contribution in [3.63, 3.8) is 0 Å². The summed E-state index contributed by atoms with van der Waals surface area (Å²) in [4.78, 5) is 143. The van der Waals surface area contributed by atoms with Gasteiger partial charge in [0.2, 0.25) is 11.8 Å². The molecule has 7 aromatic heterocycles. The van der Waals surface area contributed by atoms with Crippen LogP contribution in [0.3, 0.4) is 0 Å². The molecule has 5 amide bonds. The number of aliphatic hydroxyl groups excluding tert-OH is 2. The Kier molecular flexibility index (Phi) is 18.4. The van der Waals surface area contributed by atoms with E-state index in [-0.39, 0.29) is 76.5 Å². The van der Waals surface area contributed by atoms with Crippen LogP contribution in [0.25, 0.3) is 43.4 Å². The Balaban J connectivity index is 0.991. The number of carbonyl (C=O) groups is 8. The molecule has 0 radical (unpaired) electrons. The van der Waals surface area contributed by atoms with Crippen LogP contribution >= 0.6 is 68.0 Å². The smallest absolute Gasteiger partial charge is 0.303 e. The van der Waals surface area contributed by atoms with E-state index in [1.165, 1.54) is 55.8 Å². The van der Waals surface area contributed by atoms with Gasteiger partial charge in [-0.1, -0.05) is 49.4 Å². The lowest BCUT2D eigenvalue weighted by molar-refractivity contribution is -0.138. The minimum Gasteiger partial charge on any atom is -0.508 e. The molecule has 30 heteroatoms. The van der Waals surface area contributed by atoms with Crippen LogP contribution in [0.4, 0.5) is 0 Å². The van der Waals surface area contributed by atoms with E-state index < -0.39 is 102 Å². The topological polar surface area (TPSA) is 373 Å². The maximum Gasteiger partial charge on any atom is 0.303 e. The number of rotatable bonds is 13. The molecule has 89 heavy (non-hydrogen) atoms. The zero-order valence-electron chi connectivity index (χ0n) is 46.9.